The second kappa shape index (κ2) is 13.1. The Bertz CT molecular complexity index is 1010. The molecule has 1 amide bonds. The average Bonchev–Trinajstić information content (AvgIpc) is 3.42. The van der Waals surface area contributed by atoms with Crippen LogP contribution in [0.15, 0.2) is 35.9 Å². The van der Waals surface area contributed by atoms with Crippen molar-refractivity contribution in [2.75, 3.05) is 32.8 Å². The number of rotatable bonds is 11. The zero-order valence-corrected chi connectivity index (χ0v) is 24.3. The highest BCUT2D eigenvalue weighted by atomic mass is 16.6. The first-order chi connectivity index (χ1) is 18.5. The molecule has 2 fully saturated rings. The Hall–Kier alpha value is -2.06. The minimum absolute atomic E-state index is 0.0569. The minimum atomic E-state index is -0.762. The average molecular weight is 541 g/mol. The molecule has 0 aromatic heterocycles. The summed E-state index contributed by atoms with van der Waals surface area (Å²) in [6.45, 7) is 12.3. The fourth-order valence-corrected chi connectivity index (χ4v) is 5.95. The zero-order valence-electron chi connectivity index (χ0n) is 24.3. The lowest BCUT2D eigenvalue weighted by molar-refractivity contribution is -0.197. The molecule has 4 rings (SSSR count). The molecule has 3 aliphatic rings. The van der Waals surface area contributed by atoms with Crippen LogP contribution < -0.4 is 5.32 Å². The van der Waals surface area contributed by atoms with Gasteiger partial charge in [0.2, 0.25) is 5.91 Å². The Labute approximate surface area is 234 Å². The molecule has 0 bridgehead atoms. The number of likely N-dealkylation sites (tertiary alicyclic amines) is 1. The molecule has 7 heteroatoms. The van der Waals surface area contributed by atoms with Gasteiger partial charge in [0, 0.05) is 24.9 Å². The highest BCUT2D eigenvalue weighted by molar-refractivity contribution is 5.96. The second-order valence-corrected chi connectivity index (χ2v) is 12.8. The Morgan fingerprint density at radius 3 is 2.49 bits per heavy atom. The van der Waals surface area contributed by atoms with Crippen molar-refractivity contribution in [2.45, 2.75) is 108 Å². The van der Waals surface area contributed by atoms with Gasteiger partial charge in [-0.1, -0.05) is 51.1 Å². The van der Waals surface area contributed by atoms with E-state index in [0.717, 1.165) is 37.1 Å². The van der Waals surface area contributed by atoms with Crippen LogP contribution in [-0.2, 0) is 19.7 Å². The molecule has 216 valence electrons. The van der Waals surface area contributed by atoms with Gasteiger partial charge >= 0.3 is 0 Å². The first-order valence-corrected chi connectivity index (χ1v) is 14.8. The van der Waals surface area contributed by atoms with Crippen molar-refractivity contribution in [3.8, 4) is 0 Å². The number of carbonyl (C=O) groups excluding carboxylic acids is 2. The monoisotopic (exact) mass is 540 g/mol. The van der Waals surface area contributed by atoms with Gasteiger partial charge in [0.1, 0.15) is 0 Å². The van der Waals surface area contributed by atoms with E-state index < -0.39 is 6.10 Å². The van der Waals surface area contributed by atoms with Crippen LogP contribution in [0, 0.1) is 0 Å². The quantitative estimate of drug-likeness (QED) is 0.243. The summed E-state index contributed by atoms with van der Waals surface area (Å²) in [6.07, 6.45) is 6.92. The van der Waals surface area contributed by atoms with Gasteiger partial charge in [-0.15, -0.1) is 0 Å². The van der Waals surface area contributed by atoms with Crippen molar-refractivity contribution >= 4 is 11.7 Å². The number of benzene rings is 1. The van der Waals surface area contributed by atoms with Gasteiger partial charge in [0.15, 0.2) is 5.78 Å². The summed E-state index contributed by atoms with van der Waals surface area (Å²) >= 11 is 0. The SMILES string of the molecule is CC(C)(C)c1ccc(C(=O)CCCCC(=O)N[C@H](CN2CCCC2)[C@H](O)C2=CCC3(C)OCCOC3C2)cc1. The second-order valence-electron chi connectivity index (χ2n) is 12.8. The van der Waals surface area contributed by atoms with E-state index >= 15 is 0 Å². The van der Waals surface area contributed by atoms with Gasteiger partial charge in [-0.2, -0.15) is 0 Å². The number of Topliss-reactive ketones (excluding diaryl/α,β-unsaturated/α-hetero) is 1. The number of hydrogen-bond acceptors (Lipinski definition) is 6. The third-order valence-corrected chi connectivity index (χ3v) is 8.60. The van der Waals surface area contributed by atoms with Gasteiger partial charge in [0.05, 0.1) is 37.1 Å². The number of hydrogen-bond donors (Lipinski definition) is 2. The third kappa shape index (κ3) is 8.00. The number of unbranched alkanes of at least 4 members (excludes halogenated alkanes) is 1. The molecule has 2 aliphatic heterocycles. The third-order valence-electron chi connectivity index (χ3n) is 8.60. The van der Waals surface area contributed by atoms with Gasteiger partial charge in [-0.25, -0.2) is 0 Å². The molecule has 1 aliphatic carbocycles. The van der Waals surface area contributed by atoms with E-state index in [1.165, 1.54) is 5.56 Å². The lowest BCUT2D eigenvalue weighted by Gasteiger charge is -2.45. The summed E-state index contributed by atoms with van der Waals surface area (Å²) in [5, 5.41) is 14.5. The van der Waals surface area contributed by atoms with E-state index in [-0.39, 0.29) is 34.9 Å². The van der Waals surface area contributed by atoms with Crippen LogP contribution in [0.3, 0.4) is 0 Å². The van der Waals surface area contributed by atoms with Crippen LogP contribution >= 0.6 is 0 Å². The number of ketones is 1. The molecule has 0 spiro atoms. The number of nitrogens with zero attached hydrogens (tertiary/aromatic N) is 1. The summed E-state index contributed by atoms with van der Waals surface area (Å²) in [7, 11) is 0. The number of carbonyl (C=O) groups is 2. The van der Waals surface area contributed by atoms with Gasteiger partial charge < -0.3 is 24.8 Å². The van der Waals surface area contributed by atoms with Crippen molar-refractivity contribution < 1.29 is 24.2 Å². The highest BCUT2D eigenvalue weighted by Crippen LogP contribution is 2.37. The molecular weight excluding hydrogens is 492 g/mol. The Balaban J connectivity index is 1.28. The van der Waals surface area contributed by atoms with Crippen LogP contribution in [-0.4, -0.2) is 78.4 Å². The molecule has 2 heterocycles. The lowest BCUT2D eigenvalue weighted by atomic mass is 9.80. The molecule has 2 unspecified atom stereocenters. The lowest BCUT2D eigenvalue weighted by Crippen LogP contribution is -2.54. The predicted octanol–water partition coefficient (Wildman–Crippen LogP) is 4.56. The Kier molecular flexibility index (Phi) is 10.0. The molecule has 0 radical (unpaired) electrons. The summed E-state index contributed by atoms with van der Waals surface area (Å²) in [6, 6.07) is 7.50. The van der Waals surface area contributed by atoms with Gasteiger partial charge in [0.25, 0.3) is 0 Å². The van der Waals surface area contributed by atoms with Gasteiger partial charge in [-0.05, 0) is 75.1 Å². The predicted molar refractivity (Wildman–Crippen MR) is 153 cm³/mol. The van der Waals surface area contributed by atoms with Crippen LogP contribution in [0.5, 0.6) is 0 Å². The van der Waals surface area contributed by atoms with E-state index in [9.17, 15) is 14.7 Å². The Morgan fingerprint density at radius 2 is 1.79 bits per heavy atom. The number of fused-ring (bicyclic) bond motifs is 1. The zero-order chi connectivity index (χ0) is 28.0. The van der Waals surface area contributed by atoms with Crippen LogP contribution in [0.25, 0.3) is 0 Å². The van der Waals surface area contributed by atoms with Gasteiger partial charge in [-0.3, -0.25) is 9.59 Å². The molecule has 7 nitrogen and oxygen atoms in total. The highest BCUT2D eigenvalue weighted by Gasteiger charge is 2.43. The number of amides is 1. The van der Waals surface area contributed by atoms with Crippen molar-refractivity contribution in [1.29, 1.82) is 0 Å². The van der Waals surface area contributed by atoms with E-state index in [1.54, 1.807) is 0 Å². The largest absolute Gasteiger partial charge is 0.387 e. The first-order valence-electron chi connectivity index (χ1n) is 14.8. The standard InChI is InChI=1S/C32H48N2O5/c1-31(2,3)25-13-11-23(12-14-25)27(35)9-5-6-10-29(36)33-26(22-34-17-7-8-18-34)30(37)24-15-16-32(4)28(21-24)38-19-20-39-32/h11-15,26,28,30,37H,5-10,16-22H2,1-4H3,(H,33,36)/t26-,28?,30-,32?/m1/s1. The fourth-order valence-electron chi connectivity index (χ4n) is 5.95. The van der Waals surface area contributed by atoms with E-state index in [0.29, 0.717) is 58.3 Å². The number of aliphatic hydroxyl groups is 1. The van der Waals surface area contributed by atoms with E-state index in [2.05, 4.69) is 44.0 Å². The number of ether oxygens (including phenoxy) is 2. The van der Waals surface area contributed by atoms with Crippen molar-refractivity contribution in [3.05, 3.63) is 47.0 Å². The molecule has 39 heavy (non-hydrogen) atoms. The number of nitrogens with one attached hydrogen (secondary N) is 1. The number of aliphatic hydroxyl groups excluding tert-OH is 1. The smallest absolute Gasteiger partial charge is 0.220 e. The molecule has 2 saturated heterocycles. The summed E-state index contributed by atoms with van der Waals surface area (Å²) in [4.78, 5) is 27.9. The summed E-state index contributed by atoms with van der Waals surface area (Å²) < 4.78 is 12.0. The molecule has 0 saturated carbocycles. The van der Waals surface area contributed by atoms with Crippen LogP contribution in [0.1, 0.15) is 95.0 Å². The first kappa shape index (κ1) is 29.9. The molecular formula is C32H48N2O5. The Morgan fingerprint density at radius 1 is 1.10 bits per heavy atom. The van der Waals surface area contributed by atoms with Crippen molar-refractivity contribution in [2.24, 2.45) is 0 Å². The maximum atomic E-state index is 12.9. The van der Waals surface area contributed by atoms with Crippen molar-refractivity contribution in [3.63, 3.8) is 0 Å². The van der Waals surface area contributed by atoms with Crippen LogP contribution in [0.4, 0.5) is 0 Å². The molecule has 1 aromatic rings. The fraction of sp³-hybridized carbons (Fsp3) is 0.688. The minimum Gasteiger partial charge on any atom is -0.387 e. The summed E-state index contributed by atoms with van der Waals surface area (Å²) in [5.41, 5.74) is 2.57. The van der Waals surface area contributed by atoms with E-state index in [1.807, 2.05) is 24.3 Å². The summed E-state index contributed by atoms with van der Waals surface area (Å²) in [5.74, 6) is 0.0436. The van der Waals surface area contributed by atoms with Crippen molar-refractivity contribution in [1.82, 2.24) is 10.2 Å². The topological polar surface area (TPSA) is 88.1 Å². The molecule has 2 N–H and O–H groups in total. The van der Waals surface area contributed by atoms with Crippen LogP contribution in [0.2, 0.25) is 0 Å². The maximum Gasteiger partial charge on any atom is 0.220 e. The molecule has 4 atom stereocenters. The normalized spacial score (nSPS) is 25.5. The van der Waals surface area contributed by atoms with E-state index in [4.69, 9.17) is 9.47 Å². The molecule has 1 aromatic carbocycles. The maximum absolute atomic E-state index is 12.9.